The number of halogens is 2. The van der Waals surface area contributed by atoms with Crippen molar-refractivity contribution in [3.8, 4) is 0 Å². The summed E-state index contributed by atoms with van der Waals surface area (Å²) in [5.74, 6) is -0.158. The third-order valence-electron chi connectivity index (χ3n) is 3.19. The summed E-state index contributed by atoms with van der Waals surface area (Å²) in [6, 6.07) is 4.52. The Hall–Kier alpha value is -0.640. The fourth-order valence-electron chi connectivity index (χ4n) is 2.01. The predicted molar refractivity (Wildman–Crippen MR) is 61.8 cm³/mol. The number of benzene rings is 1. The lowest BCUT2D eigenvalue weighted by molar-refractivity contribution is 0.0267. The van der Waals surface area contributed by atoms with Gasteiger partial charge in [0.2, 0.25) is 0 Å². The minimum absolute atomic E-state index is 0.0904. The molecule has 16 heavy (non-hydrogen) atoms. The maximum Gasteiger partial charge on any atom is 0.141 e. The van der Waals surface area contributed by atoms with Crippen molar-refractivity contribution in [1.29, 1.82) is 0 Å². The van der Waals surface area contributed by atoms with Gasteiger partial charge in [0.25, 0.3) is 0 Å². The minimum Gasteiger partial charge on any atom is -0.388 e. The molecule has 88 valence electrons. The Morgan fingerprint density at radius 2 is 2.19 bits per heavy atom. The molecule has 1 atom stereocenters. The zero-order valence-corrected chi connectivity index (χ0v) is 9.67. The summed E-state index contributed by atoms with van der Waals surface area (Å²) in [4.78, 5) is 0. The summed E-state index contributed by atoms with van der Waals surface area (Å²) in [6.07, 6.45) is 2.47. The molecule has 1 unspecified atom stereocenters. The van der Waals surface area contributed by atoms with E-state index in [9.17, 15) is 9.50 Å². The molecule has 2 rings (SSSR count). The van der Waals surface area contributed by atoms with Crippen LogP contribution in [0.5, 0.6) is 0 Å². The molecular formula is C12H15ClFNO. The van der Waals surface area contributed by atoms with Gasteiger partial charge >= 0.3 is 0 Å². The Labute approximate surface area is 99.2 Å². The van der Waals surface area contributed by atoms with Crippen molar-refractivity contribution < 1.29 is 9.50 Å². The first-order valence-electron chi connectivity index (χ1n) is 5.41. The lowest BCUT2D eigenvalue weighted by atomic mass is 9.90. The normalized spacial score (nSPS) is 19.5. The largest absolute Gasteiger partial charge is 0.388 e. The lowest BCUT2D eigenvalue weighted by Gasteiger charge is -2.26. The van der Waals surface area contributed by atoms with E-state index < -0.39 is 11.4 Å². The predicted octanol–water partition coefficient (Wildman–Crippen LogP) is 2.12. The average molecular weight is 244 g/mol. The van der Waals surface area contributed by atoms with Crippen LogP contribution in [0.25, 0.3) is 0 Å². The van der Waals surface area contributed by atoms with Gasteiger partial charge in [-0.1, -0.05) is 17.7 Å². The van der Waals surface area contributed by atoms with E-state index >= 15 is 0 Å². The molecule has 0 radical (unpaired) electrons. The van der Waals surface area contributed by atoms with Crippen molar-refractivity contribution in [3.05, 3.63) is 34.6 Å². The van der Waals surface area contributed by atoms with E-state index in [4.69, 9.17) is 17.3 Å². The first kappa shape index (κ1) is 11.8. The molecule has 0 aromatic heterocycles. The molecule has 4 heteroatoms. The topological polar surface area (TPSA) is 46.2 Å². The Morgan fingerprint density at radius 1 is 1.50 bits per heavy atom. The maximum absolute atomic E-state index is 13.0. The van der Waals surface area contributed by atoms with Gasteiger partial charge in [-0.3, -0.25) is 0 Å². The Balaban J connectivity index is 2.15. The number of hydrogen-bond acceptors (Lipinski definition) is 2. The zero-order chi connectivity index (χ0) is 11.8. The van der Waals surface area contributed by atoms with E-state index in [1.54, 1.807) is 12.1 Å². The Bertz CT molecular complexity index is 395. The molecule has 1 aliphatic rings. The standard InChI is InChI=1S/C12H15ClFNO/c13-10-5-8(1-4-11(10)14)6-12(16,7-15)9-2-3-9/h1,4-5,9,16H,2-3,6-7,15H2. The van der Waals surface area contributed by atoms with Crippen molar-refractivity contribution in [2.75, 3.05) is 6.54 Å². The van der Waals surface area contributed by atoms with Crippen LogP contribution < -0.4 is 5.73 Å². The molecule has 0 aliphatic heterocycles. The SMILES string of the molecule is NCC(O)(Cc1ccc(F)c(Cl)c1)C1CC1. The first-order chi connectivity index (χ1) is 7.55. The molecule has 3 N–H and O–H groups in total. The van der Waals surface area contributed by atoms with E-state index in [1.807, 2.05) is 0 Å². The molecule has 1 saturated carbocycles. The van der Waals surface area contributed by atoms with Gasteiger partial charge in [0, 0.05) is 13.0 Å². The van der Waals surface area contributed by atoms with Gasteiger partial charge in [-0.15, -0.1) is 0 Å². The quantitative estimate of drug-likeness (QED) is 0.851. The van der Waals surface area contributed by atoms with Gasteiger partial charge in [0.1, 0.15) is 5.82 Å². The summed E-state index contributed by atoms with van der Waals surface area (Å²) in [5.41, 5.74) is 5.57. The molecule has 2 nitrogen and oxygen atoms in total. The van der Waals surface area contributed by atoms with E-state index in [0.29, 0.717) is 6.42 Å². The van der Waals surface area contributed by atoms with Gasteiger partial charge in [-0.25, -0.2) is 4.39 Å². The van der Waals surface area contributed by atoms with E-state index in [-0.39, 0.29) is 17.5 Å². The van der Waals surface area contributed by atoms with Crippen molar-refractivity contribution in [2.45, 2.75) is 24.9 Å². The molecule has 0 amide bonds. The van der Waals surface area contributed by atoms with Gasteiger partial charge < -0.3 is 10.8 Å². The summed E-state index contributed by atoms with van der Waals surface area (Å²) >= 11 is 5.69. The highest BCUT2D eigenvalue weighted by Gasteiger charge is 2.42. The van der Waals surface area contributed by atoms with Gasteiger partial charge in [0.05, 0.1) is 10.6 Å². The van der Waals surface area contributed by atoms with Gasteiger partial charge in [0.15, 0.2) is 0 Å². The summed E-state index contributed by atoms with van der Waals surface area (Å²) < 4.78 is 13.0. The van der Waals surface area contributed by atoms with Crippen LogP contribution in [0.3, 0.4) is 0 Å². The minimum atomic E-state index is -0.860. The van der Waals surface area contributed by atoms with Crippen LogP contribution in [0.15, 0.2) is 18.2 Å². The highest BCUT2D eigenvalue weighted by Crippen LogP contribution is 2.41. The number of hydrogen-bond donors (Lipinski definition) is 2. The number of aliphatic hydroxyl groups is 1. The lowest BCUT2D eigenvalue weighted by Crippen LogP contribution is -2.42. The van der Waals surface area contributed by atoms with Crippen molar-refractivity contribution in [2.24, 2.45) is 11.7 Å². The summed E-state index contributed by atoms with van der Waals surface area (Å²) in [7, 11) is 0. The molecule has 0 bridgehead atoms. The van der Waals surface area contributed by atoms with Crippen LogP contribution in [0.4, 0.5) is 4.39 Å². The molecule has 0 saturated heterocycles. The average Bonchev–Trinajstić information content (AvgIpc) is 3.07. The molecule has 0 heterocycles. The fraction of sp³-hybridized carbons (Fsp3) is 0.500. The smallest absolute Gasteiger partial charge is 0.141 e. The van der Waals surface area contributed by atoms with E-state index in [2.05, 4.69) is 0 Å². The highest BCUT2D eigenvalue weighted by molar-refractivity contribution is 6.30. The monoisotopic (exact) mass is 243 g/mol. The van der Waals surface area contributed by atoms with Crippen LogP contribution in [-0.2, 0) is 6.42 Å². The second kappa shape index (κ2) is 4.32. The van der Waals surface area contributed by atoms with Crippen LogP contribution in [0, 0.1) is 11.7 Å². The van der Waals surface area contributed by atoms with Crippen LogP contribution >= 0.6 is 11.6 Å². The second-order valence-electron chi connectivity index (χ2n) is 4.51. The zero-order valence-electron chi connectivity index (χ0n) is 8.92. The van der Waals surface area contributed by atoms with Crippen LogP contribution in [0.2, 0.25) is 5.02 Å². The molecule has 1 aliphatic carbocycles. The summed E-state index contributed by atoms with van der Waals surface area (Å²) in [6.45, 7) is 0.229. The van der Waals surface area contributed by atoms with Gasteiger partial charge in [-0.05, 0) is 36.5 Å². The maximum atomic E-state index is 13.0. The summed E-state index contributed by atoms with van der Waals surface area (Å²) in [5, 5.41) is 10.4. The van der Waals surface area contributed by atoms with Crippen LogP contribution in [0.1, 0.15) is 18.4 Å². The van der Waals surface area contributed by atoms with Gasteiger partial charge in [-0.2, -0.15) is 0 Å². The van der Waals surface area contributed by atoms with Crippen LogP contribution in [-0.4, -0.2) is 17.3 Å². The molecule has 1 aromatic carbocycles. The number of nitrogens with two attached hydrogens (primary N) is 1. The van der Waals surface area contributed by atoms with Crippen molar-refractivity contribution in [3.63, 3.8) is 0 Å². The Kier molecular flexibility index (Phi) is 3.19. The molecular weight excluding hydrogens is 229 g/mol. The highest BCUT2D eigenvalue weighted by atomic mass is 35.5. The first-order valence-corrected chi connectivity index (χ1v) is 5.79. The fourth-order valence-corrected chi connectivity index (χ4v) is 2.21. The third kappa shape index (κ3) is 2.37. The van der Waals surface area contributed by atoms with Crippen molar-refractivity contribution in [1.82, 2.24) is 0 Å². The van der Waals surface area contributed by atoms with E-state index in [0.717, 1.165) is 18.4 Å². The molecule has 1 fully saturated rings. The van der Waals surface area contributed by atoms with E-state index in [1.165, 1.54) is 6.07 Å². The van der Waals surface area contributed by atoms with Crippen molar-refractivity contribution >= 4 is 11.6 Å². The Morgan fingerprint density at radius 3 is 2.69 bits per heavy atom. The molecule has 1 aromatic rings. The second-order valence-corrected chi connectivity index (χ2v) is 4.91. The number of rotatable bonds is 4. The third-order valence-corrected chi connectivity index (χ3v) is 3.47. The molecule has 0 spiro atoms.